The van der Waals surface area contributed by atoms with Gasteiger partial charge in [-0.1, -0.05) is 60.7 Å². The largest absolute Gasteiger partial charge is 0.462 e. The van der Waals surface area contributed by atoms with Crippen molar-refractivity contribution in [2.75, 3.05) is 6.54 Å². The van der Waals surface area contributed by atoms with Crippen LogP contribution in [0.15, 0.2) is 60.7 Å². The van der Waals surface area contributed by atoms with E-state index in [0.29, 0.717) is 25.8 Å². The summed E-state index contributed by atoms with van der Waals surface area (Å²) >= 11 is 0. The van der Waals surface area contributed by atoms with Crippen LogP contribution in [0.3, 0.4) is 0 Å². The summed E-state index contributed by atoms with van der Waals surface area (Å²) in [4.78, 5) is 38.0. The summed E-state index contributed by atoms with van der Waals surface area (Å²) in [6, 6.07) is 19.7. The minimum atomic E-state index is -0.515. The average Bonchev–Trinajstić information content (AvgIpc) is 2.72. The van der Waals surface area contributed by atoms with E-state index in [-0.39, 0.29) is 24.2 Å². The summed E-state index contributed by atoms with van der Waals surface area (Å²) in [5.41, 5.74) is 2.26. The van der Waals surface area contributed by atoms with Gasteiger partial charge in [0, 0.05) is 19.4 Å². The molecule has 1 aliphatic rings. The van der Waals surface area contributed by atoms with Gasteiger partial charge in [0.15, 0.2) is 0 Å². The smallest absolute Gasteiger partial charge is 0.306 e. The molecule has 29 heavy (non-hydrogen) atoms. The summed E-state index contributed by atoms with van der Waals surface area (Å²) in [7, 11) is 0. The summed E-state index contributed by atoms with van der Waals surface area (Å²) in [6.07, 6.45) is 2.24. The van der Waals surface area contributed by atoms with Crippen molar-refractivity contribution in [2.24, 2.45) is 5.92 Å². The number of carbonyl (C=O) groups is 3. The van der Waals surface area contributed by atoms with E-state index < -0.39 is 12.0 Å². The summed E-state index contributed by atoms with van der Waals surface area (Å²) in [6.45, 7) is 2.05. The summed E-state index contributed by atoms with van der Waals surface area (Å²) < 4.78 is 5.42. The highest BCUT2D eigenvalue weighted by molar-refractivity contribution is 6.01. The van der Waals surface area contributed by atoms with Gasteiger partial charge in [-0.2, -0.15) is 0 Å². The third-order valence-electron chi connectivity index (χ3n) is 5.31. The molecule has 0 N–H and O–H groups in total. The van der Waals surface area contributed by atoms with Gasteiger partial charge >= 0.3 is 5.97 Å². The lowest BCUT2D eigenvalue weighted by Crippen LogP contribution is -2.59. The predicted molar refractivity (Wildman–Crippen MR) is 110 cm³/mol. The van der Waals surface area contributed by atoms with E-state index in [1.54, 1.807) is 6.92 Å². The highest BCUT2D eigenvalue weighted by atomic mass is 16.5. The number of hydrogen-bond acceptors (Lipinski definition) is 4. The first-order valence-electron chi connectivity index (χ1n) is 10.2. The van der Waals surface area contributed by atoms with Crippen molar-refractivity contribution in [3.8, 4) is 0 Å². The number of benzene rings is 2. The van der Waals surface area contributed by atoms with E-state index in [4.69, 9.17) is 4.74 Å². The fraction of sp³-hybridized carbons (Fsp3) is 0.375. The highest BCUT2D eigenvalue weighted by Gasteiger charge is 2.44. The molecule has 0 aliphatic carbocycles. The van der Waals surface area contributed by atoms with Crippen LogP contribution in [-0.2, 0) is 32.0 Å². The fourth-order valence-electron chi connectivity index (χ4n) is 3.49. The second kappa shape index (κ2) is 10.0. The molecule has 0 unspecified atom stereocenters. The molecule has 0 radical (unpaired) electrons. The number of rotatable bonds is 9. The van der Waals surface area contributed by atoms with Crippen LogP contribution in [0.1, 0.15) is 37.3 Å². The van der Waals surface area contributed by atoms with Gasteiger partial charge in [-0.25, -0.2) is 0 Å². The molecule has 1 aliphatic heterocycles. The van der Waals surface area contributed by atoms with Crippen molar-refractivity contribution in [3.05, 3.63) is 71.8 Å². The van der Waals surface area contributed by atoms with Crippen molar-refractivity contribution < 1.29 is 19.1 Å². The number of aryl methyl sites for hydroxylation is 2. The van der Waals surface area contributed by atoms with Crippen LogP contribution in [0, 0.1) is 5.92 Å². The van der Waals surface area contributed by atoms with Crippen LogP contribution in [0.5, 0.6) is 0 Å². The van der Waals surface area contributed by atoms with E-state index in [1.165, 1.54) is 10.5 Å². The first-order valence-corrected chi connectivity index (χ1v) is 10.2. The standard InChI is InChI=1S/C24H27NO4/c1-18(29-23(27)16-15-20-11-6-3-7-12-20)21-17-25(24(21)28)22(26)14-8-13-19-9-4-2-5-10-19/h2-7,9-12,18,21H,8,13-17H2,1H3/t18-,21+/m1/s1. The molecular weight excluding hydrogens is 366 g/mol. The highest BCUT2D eigenvalue weighted by Crippen LogP contribution is 2.25. The lowest BCUT2D eigenvalue weighted by molar-refractivity contribution is -0.169. The molecule has 0 bridgehead atoms. The molecule has 0 aromatic heterocycles. The third kappa shape index (κ3) is 5.76. The Morgan fingerprint density at radius 2 is 1.55 bits per heavy atom. The fourth-order valence-corrected chi connectivity index (χ4v) is 3.49. The molecule has 2 aromatic rings. The first-order chi connectivity index (χ1) is 14.0. The van der Waals surface area contributed by atoms with Crippen LogP contribution >= 0.6 is 0 Å². The number of nitrogens with zero attached hydrogens (tertiary/aromatic N) is 1. The van der Waals surface area contributed by atoms with Gasteiger partial charge < -0.3 is 4.74 Å². The molecule has 5 heteroatoms. The third-order valence-corrected chi connectivity index (χ3v) is 5.31. The molecule has 2 amide bonds. The SMILES string of the molecule is C[C@@H](OC(=O)CCc1ccccc1)[C@@H]1CN(C(=O)CCCc2ccccc2)C1=O. The van der Waals surface area contributed by atoms with Gasteiger partial charge in [0.1, 0.15) is 6.10 Å². The van der Waals surface area contributed by atoms with Crippen molar-refractivity contribution in [1.29, 1.82) is 0 Å². The maximum atomic E-state index is 12.4. The number of hydrogen-bond donors (Lipinski definition) is 0. The van der Waals surface area contributed by atoms with Gasteiger partial charge in [-0.3, -0.25) is 19.3 Å². The molecule has 3 rings (SSSR count). The molecule has 1 saturated heterocycles. The first kappa shape index (κ1) is 20.8. The number of carbonyl (C=O) groups excluding carboxylic acids is 3. The van der Waals surface area contributed by atoms with Crippen LogP contribution in [-0.4, -0.2) is 35.3 Å². The van der Waals surface area contributed by atoms with Crippen molar-refractivity contribution in [2.45, 2.75) is 45.1 Å². The van der Waals surface area contributed by atoms with Gasteiger partial charge in [-0.15, -0.1) is 0 Å². The van der Waals surface area contributed by atoms with Crippen LogP contribution < -0.4 is 0 Å². The van der Waals surface area contributed by atoms with Crippen molar-refractivity contribution in [3.63, 3.8) is 0 Å². The van der Waals surface area contributed by atoms with E-state index >= 15 is 0 Å². The zero-order valence-electron chi connectivity index (χ0n) is 16.8. The van der Waals surface area contributed by atoms with Gasteiger partial charge in [0.25, 0.3) is 0 Å². The molecule has 0 saturated carbocycles. The van der Waals surface area contributed by atoms with E-state index in [2.05, 4.69) is 0 Å². The van der Waals surface area contributed by atoms with Crippen LogP contribution in [0.2, 0.25) is 0 Å². The normalized spacial score (nSPS) is 16.8. The lowest BCUT2D eigenvalue weighted by Gasteiger charge is -2.39. The Morgan fingerprint density at radius 1 is 0.966 bits per heavy atom. The van der Waals surface area contributed by atoms with E-state index in [0.717, 1.165) is 12.0 Å². The number of β-lactam (4-membered cyclic amide) rings is 1. The molecule has 2 aromatic carbocycles. The Hall–Kier alpha value is -2.95. The minimum absolute atomic E-state index is 0.148. The molecule has 1 fully saturated rings. The minimum Gasteiger partial charge on any atom is -0.462 e. The number of ether oxygens (including phenoxy) is 1. The Labute approximate surface area is 171 Å². The molecule has 152 valence electrons. The number of likely N-dealkylation sites (tertiary alicyclic amines) is 1. The number of esters is 1. The van der Waals surface area contributed by atoms with Gasteiger partial charge in [0.2, 0.25) is 11.8 Å². The van der Waals surface area contributed by atoms with Crippen LogP contribution in [0.4, 0.5) is 0 Å². The monoisotopic (exact) mass is 393 g/mol. The maximum absolute atomic E-state index is 12.4. The quantitative estimate of drug-likeness (QED) is 0.483. The van der Waals surface area contributed by atoms with E-state index in [1.807, 2.05) is 60.7 Å². The predicted octanol–water partition coefficient (Wildman–Crippen LogP) is 3.56. The molecule has 0 spiro atoms. The zero-order chi connectivity index (χ0) is 20.6. The molecule has 1 heterocycles. The zero-order valence-corrected chi connectivity index (χ0v) is 16.8. The molecular formula is C24H27NO4. The second-order valence-corrected chi connectivity index (χ2v) is 7.47. The Balaban J connectivity index is 1.36. The van der Waals surface area contributed by atoms with Crippen molar-refractivity contribution in [1.82, 2.24) is 4.90 Å². The summed E-state index contributed by atoms with van der Waals surface area (Å²) in [5.74, 6) is -1.13. The van der Waals surface area contributed by atoms with Gasteiger partial charge in [0.05, 0.1) is 5.92 Å². The summed E-state index contributed by atoms with van der Waals surface area (Å²) in [5, 5.41) is 0. The molecule has 5 nitrogen and oxygen atoms in total. The maximum Gasteiger partial charge on any atom is 0.306 e. The number of imide groups is 1. The lowest BCUT2D eigenvalue weighted by atomic mass is 9.92. The Morgan fingerprint density at radius 3 is 2.14 bits per heavy atom. The molecule has 2 atom stereocenters. The van der Waals surface area contributed by atoms with E-state index in [9.17, 15) is 14.4 Å². The average molecular weight is 393 g/mol. The van der Waals surface area contributed by atoms with Gasteiger partial charge in [-0.05, 0) is 37.3 Å². The Kier molecular flexibility index (Phi) is 7.17. The topological polar surface area (TPSA) is 63.7 Å². The van der Waals surface area contributed by atoms with Crippen molar-refractivity contribution >= 4 is 17.8 Å². The number of amides is 2. The van der Waals surface area contributed by atoms with Crippen LogP contribution in [0.25, 0.3) is 0 Å². The Bertz CT molecular complexity index is 834. The second-order valence-electron chi connectivity index (χ2n) is 7.47.